The maximum Gasteiger partial charge on any atom is 0.500 e. The monoisotopic (exact) mass is 287 g/mol. The molecule has 0 aromatic carbocycles. The maximum absolute atomic E-state index is 5.40. The van der Waals surface area contributed by atoms with Crippen molar-refractivity contribution in [3.8, 4) is 0 Å². The summed E-state index contributed by atoms with van der Waals surface area (Å²) in [6, 6.07) is 0.820. The molecule has 0 bridgehead atoms. The van der Waals surface area contributed by atoms with Gasteiger partial charge in [-0.3, -0.25) is 0 Å². The molecule has 0 saturated carbocycles. The summed E-state index contributed by atoms with van der Waals surface area (Å²) in [6.07, 6.45) is 2.71. The third-order valence-electron chi connectivity index (χ3n) is 3.31. The number of H-pyrrole nitrogens is 1. The van der Waals surface area contributed by atoms with Crippen molar-refractivity contribution in [1.82, 2.24) is 14.9 Å². The molecule has 1 rings (SSSR count). The summed E-state index contributed by atoms with van der Waals surface area (Å²) in [5, 5.41) is 0. The molecule has 19 heavy (non-hydrogen) atoms. The van der Waals surface area contributed by atoms with E-state index >= 15 is 0 Å². The van der Waals surface area contributed by atoms with Crippen LogP contribution in [-0.4, -0.2) is 58.6 Å². The van der Waals surface area contributed by atoms with Gasteiger partial charge < -0.3 is 23.2 Å². The van der Waals surface area contributed by atoms with Gasteiger partial charge >= 0.3 is 8.80 Å². The fraction of sp³-hybridized carbons (Fsp3) is 0.750. The second-order valence-electron chi connectivity index (χ2n) is 4.61. The Morgan fingerprint density at radius 1 is 1.26 bits per heavy atom. The molecule has 1 N–H and O–H groups in total. The van der Waals surface area contributed by atoms with Crippen molar-refractivity contribution in [2.75, 3.05) is 34.9 Å². The number of imidazole rings is 1. The third kappa shape index (κ3) is 4.70. The van der Waals surface area contributed by atoms with Gasteiger partial charge in [0, 0.05) is 39.6 Å². The van der Waals surface area contributed by atoms with E-state index in [2.05, 4.69) is 21.9 Å². The number of nitrogens with one attached hydrogen (secondary N) is 1. The van der Waals surface area contributed by atoms with Crippen LogP contribution in [-0.2, 0) is 19.8 Å². The Balaban J connectivity index is 2.34. The van der Waals surface area contributed by atoms with Crippen molar-refractivity contribution in [2.45, 2.75) is 25.9 Å². The molecule has 1 aromatic rings. The van der Waals surface area contributed by atoms with Crippen LogP contribution in [0.2, 0.25) is 6.04 Å². The molecular weight excluding hydrogens is 262 g/mol. The Kier molecular flexibility index (Phi) is 6.67. The smallest absolute Gasteiger partial charge is 0.377 e. The Bertz CT molecular complexity index is 361. The topological polar surface area (TPSA) is 59.6 Å². The first-order valence-electron chi connectivity index (χ1n) is 6.39. The Morgan fingerprint density at radius 2 is 1.89 bits per heavy atom. The van der Waals surface area contributed by atoms with Crippen LogP contribution in [0.4, 0.5) is 0 Å². The van der Waals surface area contributed by atoms with Crippen molar-refractivity contribution in [2.24, 2.45) is 0 Å². The molecule has 110 valence electrons. The molecule has 7 heteroatoms. The van der Waals surface area contributed by atoms with Gasteiger partial charge in [-0.15, -0.1) is 0 Å². The Labute approximate surface area is 116 Å². The van der Waals surface area contributed by atoms with Gasteiger partial charge in [-0.2, -0.15) is 0 Å². The van der Waals surface area contributed by atoms with Crippen molar-refractivity contribution in [3.63, 3.8) is 0 Å². The molecule has 0 amide bonds. The fourth-order valence-corrected chi connectivity index (χ4v) is 3.71. The lowest BCUT2D eigenvalue weighted by atomic mass is 10.3. The average Bonchev–Trinajstić information content (AvgIpc) is 2.81. The van der Waals surface area contributed by atoms with Crippen LogP contribution >= 0.6 is 0 Å². The van der Waals surface area contributed by atoms with Crippen LogP contribution in [0.1, 0.15) is 17.8 Å². The highest BCUT2D eigenvalue weighted by Crippen LogP contribution is 2.15. The SMILES string of the molecule is CO[Si](CCCN(C)Cc1nc[nH]c1C)(OC)OC. The summed E-state index contributed by atoms with van der Waals surface area (Å²) in [4.78, 5) is 9.63. The van der Waals surface area contributed by atoms with E-state index in [0.717, 1.165) is 36.9 Å². The predicted octanol–water partition coefficient (Wildman–Crippen LogP) is 1.42. The zero-order valence-corrected chi connectivity index (χ0v) is 13.5. The van der Waals surface area contributed by atoms with Crippen LogP contribution in [0.3, 0.4) is 0 Å². The quantitative estimate of drug-likeness (QED) is 0.696. The average molecular weight is 287 g/mol. The molecule has 0 aliphatic heterocycles. The van der Waals surface area contributed by atoms with Crippen LogP contribution < -0.4 is 0 Å². The minimum Gasteiger partial charge on any atom is -0.377 e. The molecule has 1 aromatic heterocycles. The van der Waals surface area contributed by atoms with E-state index < -0.39 is 8.80 Å². The molecule has 0 aliphatic carbocycles. The van der Waals surface area contributed by atoms with Gasteiger partial charge in [0.15, 0.2) is 0 Å². The Morgan fingerprint density at radius 3 is 2.37 bits per heavy atom. The van der Waals surface area contributed by atoms with Crippen molar-refractivity contribution >= 4 is 8.80 Å². The minimum atomic E-state index is -2.42. The van der Waals surface area contributed by atoms with Crippen molar-refractivity contribution < 1.29 is 13.3 Å². The number of nitrogens with zero attached hydrogens (tertiary/aromatic N) is 2. The summed E-state index contributed by atoms with van der Waals surface area (Å²) in [7, 11) is 4.61. The Hall–Kier alpha value is -0.733. The molecule has 0 radical (unpaired) electrons. The number of aromatic nitrogens is 2. The van der Waals surface area contributed by atoms with Gasteiger partial charge in [-0.25, -0.2) is 4.98 Å². The highest BCUT2D eigenvalue weighted by atomic mass is 28.4. The summed E-state index contributed by atoms with van der Waals surface area (Å²) in [6.45, 7) is 3.84. The van der Waals surface area contributed by atoms with E-state index in [-0.39, 0.29) is 0 Å². The van der Waals surface area contributed by atoms with E-state index in [1.807, 2.05) is 6.92 Å². The number of hydrogen-bond acceptors (Lipinski definition) is 5. The predicted molar refractivity (Wildman–Crippen MR) is 75.9 cm³/mol. The second kappa shape index (κ2) is 7.76. The van der Waals surface area contributed by atoms with Gasteiger partial charge in [-0.1, -0.05) is 0 Å². The molecule has 1 heterocycles. The van der Waals surface area contributed by atoms with Gasteiger partial charge in [0.1, 0.15) is 0 Å². The number of aryl methyl sites for hydroxylation is 1. The van der Waals surface area contributed by atoms with E-state index in [1.165, 1.54) is 0 Å². The zero-order valence-electron chi connectivity index (χ0n) is 12.5. The van der Waals surface area contributed by atoms with Crippen molar-refractivity contribution in [1.29, 1.82) is 0 Å². The summed E-state index contributed by atoms with van der Waals surface area (Å²) >= 11 is 0. The van der Waals surface area contributed by atoms with E-state index in [0.29, 0.717) is 0 Å². The van der Waals surface area contributed by atoms with Gasteiger partial charge in [-0.05, 0) is 26.9 Å². The minimum absolute atomic E-state index is 0.820. The highest BCUT2D eigenvalue weighted by Gasteiger charge is 2.36. The summed E-state index contributed by atoms with van der Waals surface area (Å²) < 4.78 is 16.2. The fourth-order valence-electron chi connectivity index (χ4n) is 2.00. The first kappa shape index (κ1) is 16.3. The summed E-state index contributed by atoms with van der Waals surface area (Å²) in [5.74, 6) is 0. The van der Waals surface area contributed by atoms with Crippen LogP contribution in [0.5, 0.6) is 0 Å². The molecule has 0 aliphatic rings. The summed E-state index contributed by atoms with van der Waals surface area (Å²) in [5.41, 5.74) is 2.22. The van der Waals surface area contributed by atoms with E-state index in [4.69, 9.17) is 13.3 Å². The van der Waals surface area contributed by atoms with Crippen LogP contribution in [0.15, 0.2) is 6.33 Å². The zero-order chi connectivity index (χ0) is 14.3. The third-order valence-corrected chi connectivity index (χ3v) is 6.14. The molecular formula is C12H25N3O3Si. The lowest BCUT2D eigenvalue weighted by Crippen LogP contribution is -2.43. The van der Waals surface area contributed by atoms with Crippen LogP contribution in [0.25, 0.3) is 0 Å². The first-order chi connectivity index (χ1) is 9.06. The standard InChI is InChI=1S/C12H25N3O3Si/c1-11-12(14-10-13-11)9-15(2)7-6-8-19(16-3,17-4)18-5/h10H,6-9H2,1-5H3,(H,13,14). The molecule has 0 saturated heterocycles. The number of aromatic amines is 1. The lowest BCUT2D eigenvalue weighted by Gasteiger charge is -2.25. The van der Waals surface area contributed by atoms with Gasteiger partial charge in [0.25, 0.3) is 0 Å². The first-order valence-corrected chi connectivity index (χ1v) is 8.33. The largest absolute Gasteiger partial charge is 0.500 e. The van der Waals surface area contributed by atoms with E-state index in [9.17, 15) is 0 Å². The molecule has 6 nitrogen and oxygen atoms in total. The molecule has 0 spiro atoms. The van der Waals surface area contributed by atoms with Crippen LogP contribution in [0, 0.1) is 6.92 Å². The second-order valence-corrected chi connectivity index (χ2v) is 7.70. The molecule has 0 fully saturated rings. The highest BCUT2D eigenvalue weighted by molar-refractivity contribution is 6.60. The van der Waals surface area contributed by atoms with Crippen molar-refractivity contribution in [3.05, 3.63) is 17.7 Å². The maximum atomic E-state index is 5.40. The number of rotatable bonds is 9. The normalized spacial score (nSPS) is 12.3. The molecule has 0 unspecified atom stereocenters. The lowest BCUT2D eigenvalue weighted by molar-refractivity contribution is 0.121. The van der Waals surface area contributed by atoms with E-state index in [1.54, 1.807) is 27.7 Å². The van der Waals surface area contributed by atoms with Gasteiger partial charge in [0.05, 0.1) is 12.0 Å². The van der Waals surface area contributed by atoms with Gasteiger partial charge in [0.2, 0.25) is 0 Å². The number of hydrogen-bond donors (Lipinski definition) is 1. The molecule has 0 atom stereocenters.